The van der Waals surface area contributed by atoms with Gasteiger partial charge in [0.25, 0.3) is 0 Å². The second-order valence-electron chi connectivity index (χ2n) is 4.30. The van der Waals surface area contributed by atoms with E-state index in [1.54, 1.807) is 11.3 Å². The second-order valence-corrected chi connectivity index (χ2v) is 5.24. The van der Waals surface area contributed by atoms with Crippen LogP contribution in [-0.4, -0.2) is 23.5 Å². The molecule has 0 radical (unpaired) electrons. The van der Waals surface area contributed by atoms with Crippen LogP contribution in [0.5, 0.6) is 0 Å². The maximum Gasteiger partial charge on any atom is 0.237 e. The molecule has 2 rings (SSSR count). The van der Waals surface area contributed by atoms with Crippen LogP contribution in [0.1, 0.15) is 24.0 Å². The fourth-order valence-electron chi connectivity index (χ4n) is 1.94. The van der Waals surface area contributed by atoms with Crippen molar-refractivity contribution in [3.63, 3.8) is 0 Å². The molecule has 2 N–H and O–H groups in total. The summed E-state index contributed by atoms with van der Waals surface area (Å²) >= 11 is 1.59. The van der Waals surface area contributed by atoms with Gasteiger partial charge in [0.15, 0.2) is 0 Å². The average Bonchev–Trinajstić information content (AvgIpc) is 2.84. The molecular formula is C11H17N3OS. The van der Waals surface area contributed by atoms with Crippen LogP contribution in [-0.2, 0) is 11.3 Å². The minimum Gasteiger partial charge on any atom is -0.348 e. The molecule has 0 aromatic carbocycles. The Balaban J connectivity index is 1.83. The molecule has 1 aliphatic rings. The van der Waals surface area contributed by atoms with Gasteiger partial charge < -0.3 is 10.6 Å². The molecule has 5 heteroatoms. The number of hydrogen-bond donors (Lipinski definition) is 2. The molecule has 16 heavy (non-hydrogen) atoms. The fourth-order valence-corrected chi connectivity index (χ4v) is 2.65. The van der Waals surface area contributed by atoms with Gasteiger partial charge in [-0.05, 0) is 25.8 Å². The minimum absolute atomic E-state index is 0.0268. The van der Waals surface area contributed by atoms with Crippen LogP contribution < -0.4 is 10.6 Å². The zero-order chi connectivity index (χ0) is 11.5. The second kappa shape index (κ2) is 4.93. The molecule has 1 saturated heterocycles. The molecule has 88 valence electrons. The summed E-state index contributed by atoms with van der Waals surface area (Å²) in [6.45, 7) is 5.55. The number of carbonyl (C=O) groups is 1. The first kappa shape index (κ1) is 11.5. The van der Waals surface area contributed by atoms with E-state index >= 15 is 0 Å². The zero-order valence-corrected chi connectivity index (χ0v) is 10.4. The molecular weight excluding hydrogens is 222 g/mol. The fraction of sp³-hybridized carbons (Fsp3) is 0.636. The van der Waals surface area contributed by atoms with E-state index in [2.05, 4.69) is 22.5 Å². The molecule has 2 unspecified atom stereocenters. The lowest BCUT2D eigenvalue weighted by Gasteiger charge is -2.14. The predicted octanol–water partition coefficient (Wildman–Crippen LogP) is 1.07. The first-order valence-corrected chi connectivity index (χ1v) is 6.47. The summed E-state index contributed by atoms with van der Waals surface area (Å²) in [5, 5.41) is 9.12. The quantitative estimate of drug-likeness (QED) is 0.829. The van der Waals surface area contributed by atoms with Crippen molar-refractivity contribution >= 4 is 17.2 Å². The van der Waals surface area contributed by atoms with Crippen molar-refractivity contribution in [1.29, 1.82) is 0 Å². The van der Waals surface area contributed by atoms with Gasteiger partial charge in [-0.3, -0.25) is 4.79 Å². The van der Waals surface area contributed by atoms with Crippen LogP contribution in [0.25, 0.3) is 0 Å². The third kappa shape index (κ3) is 2.59. The molecule has 1 fully saturated rings. The van der Waals surface area contributed by atoms with Crippen molar-refractivity contribution in [2.45, 2.75) is 32.9 Å². The Kier molecular flexibility index (Phi) is 3.56. The lowest BCUT2D eigenvalue weighted by atomic mass is 10.0. The molecule has 2 atom stereocenters. The van der Waals surface area contributed by atoms with Gasteiger partial charge in [0.05, 0.1) is 12.6 Å². The molecule has 1 amide bonds. The number of nitrogens with zero attached hydrogens (tertiary/aromatic N) is 1. The van der Waals surface area contributed by atoms with E-state index in [0.717, 1.165) is 23.7 Å². The molecule has 0 spiro atoms. The molecule has 0 aliphatic carbocycles. The first-order chi connectivity index (χ1) is 7.66. The number of hydrogen-bond acceptors (Lipinski definition) is 4. The monoisotopic (exact) mass is 239 g/mol. The Bertz CT molecular complexity index is 377. The van der Waals surface area contributed by atoms with Gasteiger partial charge in [-0.1, -0.05) is 6.92 Å². The van der Waals surface area contributed by atoms with E-state index in [1.807, 2.05) is 12.3 Å². The van der Waals surface area contributed by atoms with Crippen molar-refractivity contribution in [3.05, 3.63) is 16.1 Å². The van der Waals surface area contributed by atoms with Crippen molar-refractivity contribution in [2.75, 3.05) is 6.54 Å². The number of nitrogens with one attached hydrogen (secondary N) is 2. The number of rotatable bonds is 3. The van der Waals surface area contributed by atoms with E-state index in [0.29, 0.717) is 12.5 Å². The number of carbonyl (C=O) groups excluding carboxylic acids is 1. The Morgan fingerprint density at radius 3 is 3.12 bits per heavy atom. The summed E-state index contributed by atoms with van der Waals surface area (Å²) in [4.78, 5) is 16.2. The number of thiazole rings is 1. The number of amides is 1. The highest BCUT2D eigenvalue weighted by molar-refractivity contribution is 7.09. The Hall–Kier alpha value is -0.940. The van der Waals surface area contributed by atoms with E-state index in [9.17, 15) is 4.79 Å². The Labute approximate surface area is 99.5 Å². The molecule has 1 aromatic rings. The maximum atomic E-state index is 11.8. The van der Waals surface area contributed by atoms with Gasteiger partial charge in [0, 0.05) is 11.1 Å². The van der Waals surface area contributed by atoms with E-state index in [4.69, 9.17) is 0 Å². The third-order valence-corrected chi connectivity index (χ3v) is 3.86. The van der Waals surface area contributed by atoms with Crippen molar-refractivity contribution < 1.29 is 4.79 Å². The summed E-state index contributed by atoms with van der Waals surface area (Å²) in [7, 11) is 0. The van der Waals surface area contributed by atoms with Gasteiger partial charge >= 0.3 is 0 Å². The largest absolute Gasteiger partial charge is 0.348 e. The van der Waals surface area contributed by atoms with E-state index in [-0.39, 0.29) is 11.9 Å². The van der Waals surface area contributed by atoms with Crippen LogP contribution in [0, 0.1) is 12.8 Å². The van der Waals surface area contributed by atoms with Crippen LogP contribution in [0.4, 0.5) is 0 Å². The van der Waals surface area contributed by atoms with Gasteiger partial charge in [-0.25, -0.2) is 4.98 Å². The highest BCUT2D eigenvalue weighted by Crippen LogP contribution is 2.14. The summed E-state index contributed by atoms with van der Waals surface area (Å²) in [6.07, 6.45) is 1.08. The summed E-state index contributed by atoms with van der Waals surface area (Å²) in [5.41, 5.74) is 1.02. The normalized spacial score (nSPS) is 24.6. The summed E-state index contributed by atoms with van der Waals surface area (Å²) < 4.78 is 0. The molecule has 1 aromatic heterocycles. The molecule has 1 aliphatic heterocycles. The number of aromatic nitrogens is 1. The molecule has 0 saturated carbocycles. The predicted molar refractivity (Wildman–Crippen MR) is 64.3 cm³/mol. The Morgan fingerprint density at radius 1 is 1.75 bits per heavy atom. The van der Waals surface area contributed by atoms with Gasteiger partial charge in [0.2, 0.25) is 5.91 Å². The van der Waals surface area contributed by atoms with Gasteiger partial charge in [0.1, 0.15) is 5.01 Å². The topological polar surface area (TPSA) is 54.0 Å². The highest BCUT2D eigenvalue weighted by Gasteiger charge is 2.28. The summed E-state index contributed by atoms with van der Waals surface area (Å²) in [5.74, 6) is 0.524. The lowest BCUT2D eigenvalue weighted by Crippen LogP contribution is -2.42. The van der Waals surface area contributed by atoms with Crippen molar-refractivity contribution in [1.82, 2.24) is 15.6 Å². The van der Waals surface area contributed by atoms with Crippen LogP contribution in [0.3, 0.4) is 0 Å². The minimum atomic E-state index is -0.0268. The molecule has 2 heterocycles. The smallest absolute Gasteiger partial charge is 0.237 e. The lowest BCUT2D eigenvalue weighted by molar-refractivity contribution is -0.123. The van der Waals surface area contributed by atoms with Crippen LogP contribution in [0.2, 0.25) is 0 Å². The highest BCUT2D eigenvalue weighted by atomic mass is 32.1. The van der Waals surface area contributed by atoms with E-state index < -0.39 is 0 Å². The zero-order valence-electron chi connectivity index (χ0n) is 9.62. The molecule has 0 bridgehead atoms. The van der Waals surface area contributed by atoms with Gasteiger partial charge in [-0.15, -0.1) is 11.3 Å². The first-order valence-electron chi connectivity index (χ1n) is 5.59. The molecule has 4 nitrogen and oxygen atoms in total. The Morgan fingerprint density at radius 2 is 2.56 bits per heavy atom. The van der Waals surface area contributed by atoms with Gasteiger partial charge in [-0.2, -0.15) is 0 Å². The van der Waals surface area contributed by atoms with Crippen LogP contribution >= 0.6 is 11.3 Å². The van der Waals surface area contributed by atoms with Crippen LogP contribution in [0.15, 0.2) is 5.38 Å². The standard InChI is InChI=1S/C11H17N3OS/c1-7-3-4-12-10(7)11(15)13-5-9-14-8(2)6-16-9/h6-7,10,12H,3-5H2,1-2H3,(H,13,15). The van der Waals surface area contributed by atoms with Crippen molar-refractivity contribution in [2.24, 2.45) is 5.92 Å². The van der Waals surface area contributed by atoms with E-state index in [1.165, 1.54) is 0 Å². The third-order valence-electron chi connectivity index (χ3n) is 2.90. The number of aryl methyl sites for hydroxylation is 1. The SMILES string of the molecule is Cc1csc(CNC(=O)C2NCCC2C)n1. The van der Waals surface area contributed by atoms with Crippen molar-refractivity contribution in [3.8, 4) is 0 Å². The summed E-state index contributed by atoms with van der Waals surface area (Å²) in [6, 6.07) is -0.0268. The average molecular weight is 239 g/mol. The maximum absolute atomic E-state index is 11.8.